The number of hydrogen-bond donors (Lipinski definition) is 4. The Morgan fingerprint density at radius 3 is 2.21 bits per heavy atom. The van der Waals surface area contributed by atoms with Crippen molar-refractivity contribution in [2.75, 3.05) is 32.8 Å². The summed E-state index contributed by atoms with van der Waals surface area (Å²) in [5, 5.41) is 15.6. The Kier molecular flexibility index (Phi) is 12.1. The van der Waals surface area contributed by atoms with Gasteiger partial charge in [-0.25, -0.2) is 4.98 Å². The van der Waals surface area contributed by atoms with E-state index >= 15 is 14.4 Å². The number of benzene rings is 5. The quantitative estimate of drug-likeness (QED) is 0.0542. The van der Waals surface area contributed by atoms with E-state index in [4.69, 9.17) is 18.9 Å². The lowest BCUT2D eigenvalue weighted by Crippen LogP contribution is -2.54. The molecule has 2 amide bonds. The number of esters is 3. The van der Waals surface area contributed by atoms with E-state index in [0.717, 1.165) is 11.1 Å². The molecule has 3 aliphatic rings. The highest BCUT2D eigenvalue weighted by Gasteiger charge is 2.74. The van der Waals surface area contributed by atoms with Gasteiger partial charge in [-0.3, -0.25) is 28.9 Å². The molecule has 6 atom stereocenters. The van der Waals surface area contributed by atoms with Crippen LogP contribution in [0.25, 0.3) is 11.0 Å². The first kappa shape index (κ1) is 43.5. The van der Waals surface area contributed by atoms with Crippen molar-refractivity contribution < 1.29 is 48.0 Å². The number of carbonyl (C=O) groups is 5. The first-order chi connectivity index (χ1) is 32.2. The summed E-state index contributed by atoms with van der Waals surface area (Å²) in [6.07, 6.45) is -1.10. The molecule has 15 nitrogen and oxygen atoms in total. The maximum atomic E-state index is 15.5. The zero-order valence-corrected chi connectivity index (χ0v) is 35.9. The van der Waals surface area contributed by atoms with Crippen LogP contribution in [0.3, 0.4) is 0 Å². The average molecular weight is 888 g/mol. The van der Waals surface area contributed by atoms with E-state index in [2.05, 4.69) is 32.4 Å². The number of aliphatic hydroxyl groups is 1. The van der Waals surface area contributed by atoms with Gasteiger partial charge in [0.15, 0.2) is 5.92 Å². The lowest BCUT2D eigenvalue weighted by atomic mass is 9.65. The van der Waals surface area contributed by atoms with Crippen LogP contribution in [0.15, 0.2) is 127 Å². The fourth-order valence-electron chi connectivity index (χ4n) is 9.75. The second-order valence-electron chi connectivity index (χ2n) is 16.1. The molecule has 334 valence electrons. The highest BCUT2D eigenvalue weighted by Crippen LogP contribution is 2.65. The van der Waals surface area contributed by atoms with Crippen molar-refractivity contribution in [2.45, 2.75) is 42.6 Å². The SMILES string of the molecule is COC(=O)C(CC#Cc1ccc2c(c1)C1(C(=O)N2)C(C(=O)NCc2nc3ccccc3[nH]2)C2C(=O)OC(c3ccccc3)C(c3ccccc3)N2C1c1ccc(OCCO)cc1)C(=O)OC. The number of aromatic amines is 1. The first-order valence-corrected chi connectivity index (χ1v) is 21.4. The highest BCUT2D eigenvalue weighted by molar-refractivity contribution is 6.12. The van der Waals surface area contributed by atoms with Crippen molar-refractivity contribution >= 4 is 46.4 Å². The number of imidazole rings is 1. The number of H-pyrrole nitrogens is 1. The van der Waals surface area contributed by atoms with Gasteiger partial charge in [0.05, 0.1) is 56.4 Å². The summed E-state index contributed by atoms with van der Waals surface area (Å²) in [6, 6.07) is 35.4. The largest absolute Gasteiger partial charge is 0.491 e. The number of methoxy groups -OCH3 is 2. The van der Waals surface area contributed by atoms with Crippen LogP contribution in [0.1, 0.15) is 58.3 Å². The maximum Gasteiger partial charge on any atom is 0.324 e. The molecule has 5 aromatic carbocycles. The summed E-state index contributed by atoms with van der Waals surface area (Å²) < 4.78 is 21.9. The van der Waals surface area contributed by atoms with Crippen molar-refractivity contribution in [3.63, 3.8) is 0 Å². The van der Waals surface area contributed by atoms with E-state index in [9.17, 15) is 14.7 Å². The minimum absolute atomic E-state index is 0.0503. The predicted octanol–water partition coefficient (Wildman–Crippen LogP) is 5.23. The molecule has 66 heavy (non-hydrogen) atoms. The van der Waals surface area contributed by atoms with Gasteiger partial charge in [0.1, 0.15) is 35.7 Å². The van der Waals surface area contributed by atoms with Crippen LogP contribution in [-0.2, 0) is 50.1 Å². The van der Waals surface area contributed by atoms with Crippen LogP contribution in [0, 0.1) is 23.7 Å². The molecule has 6 aromatic rings. The van der Waals surface area contributed by atoms with Crippen LogP contribution in [-0.4, -0.2) is 83.2 Å². The number of fused-ring (bicyclic) bond motifs is 4. The molecule has 0 saturated carbocycles. The Labute approximate surface area is 379 Å². The van der Waals surface area contributed by atoms with Crippen LogP contribution in [0.5, 0.6) is 5.75 Å². The van der Waals surface area contributed by atoms with Crippen molar-refractivity contribution in [3.05, 3.63) is 161 Å². The Morgan fingerprint density at radius 2 is 1.53 bits per heavy atom. The van der Waals surface area contributed by atoms with Crippen molar-refractivity contribution in [3.8, 4) is 17.6 Å². The van der Waals surface area contributed by atoms with Gasteiger partial charge in [-0.2, -0.15) is 0 Å². The molecule has 4 N–H and O–H groups in total. The average Bonchev–Trinajstić information content (AvgIpc) is 4.01. The third-order valence-electron chi connectivity index (χ3n) is 12.5. The summed E-state index contributed by atoms with van der Waals surface area (Å²) >= 11 is 0. The lowest BCUT2D eigenvalue weighted by molar-refractivity contribution is -0.178. The fraction of sp³-hybridized carbons (Fsp3) is 0.255. The number of morpholine rings is 1. The number of para-hydroxylation sites is 2. The Hall–Kier alpha value is -7.80. The molecule has 1 spiro atoms. The number of anilines is 1. The molecule has 0 bridgehead atoms. The van der Waals surface area contributed by atoms with Gasteiger partial charge in [-0.15, -0.1) is 0 Å². The van der Waals surface area contributed by atoms with E-state index in [-0.39, 0.29) is 26.2 Å². The lowest BCUT2D eigenvalue weighted by Gasteiger charge is -2.46. The minimum atomic E-state index is -1.83. The van der Waals surface area contributed by atoms with Crippen molar-refractivity contribution in [1.82, 2.24) is 20.2 Å². The number of aliphatic hydroxyl groups excluding tert-OH is 1. The zero-order valence-electron chi connectivity index (χ0n) is 35.9. The van der Waals surface area contributed by atoms with E-state index in [1.807, 2.05) is 89.8 Å². The molecule has 2 saturated heterocycles. The first-order valence-electron chi connectivity index (χ1n) is 21.4. The van der Waals surface area contributed by atoms with E-state index in [1.165, 1.54) is 14.2 Å². The Balaban J connectivity index is 1.26. The summed E-state index contributed by atoms with van der Waals surface area (Å²) in [7, 11) is 2.33. The molecule has 1 aromatic heterocycles. The van der Waals surface area contributed by atoms with E-state index < -0.39 is 71.2 Å². The Morgan fingerprint density at radius 1 is 0.848 bits per heavy atom. The number of ether oxygens (including phenoxy) is 4. The molecular weight excluding hydrogens is 843 g/mol. The third-order valence-corrected chi connectivity index (χ3v) is 12.5. The molecule has 0 aliphatic carbocycles. The van der Waals surface area contributed by atoms with Crippen molar-refractivity contribution in [2.24, 2.45) is 11.8 Å². The number of nitrogens with one attached hydrogen (secondary N) is 3. The van der Waals surface area contributed by atoms with Gasteiger partial charge in [0.2, 0.25) is 11.8 Å². The van der Waals surface area contributed by atoms with E-state index in [1.54, 1.807) is 42.5 Å². The highest BCUT2D eigenvalue weighted by atomic mass is 16.6. The smallest absolute Gasteiger partial charge is 0.324 e. The summed E-state index contributed by atoms with van der Waals surface area (Å²) in [6.45, 7) is -0.210. The number of cyclic esters (lactones) is 1. The van der Waals surface area contributed by atoms with Gasteiger partial charge < -0.3 is 39.7 Å². The zero-order chi connectivity index (χ0) is 46.0. The van der Waals surface area contributed by atoms with Gasteiger partial charge in [-0.05, 0) is 64.7 Å². The van der Waals surface area contributed by atoms with Crippen LogP contribution < -0.4 is 15.4 Å². The van der Waals surface area contributed by atoms with E-state index in [0.29, 0.717) is 45.0 Å². The number of hydrogen-bond acceptors (Lipinski definition) is 12. The monoisotopic (exact) mass is 887 g/mol. The standard InChI is InChI=1S/C51H45N5O10/c1-63-47(59)35(48(60)64-2)17-11-12-30-20-25-37-36(28-30)51(50(62)55-37)41(46(58)52-29-40-53-38-18-9-10-19-39(38)54-40)43-49(61)66-44(32-15-7-4-8-16-32)42(31-13-5-3-6-14-31)56(43)45(51)33-21-23-34(24-22-33)65-27-26-57/h3-10,13-16,18-25,28,35,41-45,57H,17,26-27,29H2,1-2H3,(H,52,58)(H,53,54)(H,55,62). The number of nitrogens with zero attached hydrogens (tertiary/aromatic N) is 2. The second kappa shape index (κ2) is 18.4. The topological polar surface area (TPSA) is 198 Å². The summed E-state index contributed by atoms with van der Waals surface area (Å²) in [5.41, 5.74) is 2.92. The number of carbonyl (C=O) groups excluding carboxylic acids is 5. The maximum absolute atomic E-state index is 15.5. The summed E-state index contributed by atoms with van der Waals surface area (Å²) in [5.74, 6) is 0.733. The molecular formula is C51H45N5O10. The summed E-state index contributed by atoms with van der Waals surface area (Å²) in [4.78, 5) is 81.1. The molecule has 15 heteroatoms. The molecule has 9 rings (SSSR count). The fourth-order valence-corrected chi connectivity index (χ4v) is 9.75. The normalized spacial score (nSPS) is 21.8. The van der Waals surface area contributed by atoms with Crippen LogP contribution in [0.4, 0.5) is 5.69 Å². The number of rotatable bonds is 12. The minimum Gasteiger partial charge on any atom is -0.491 e. The van der Waals surface area contributed by atoms with Crippen molar-refractivity contribution in [1.29, 1.82) is 0 Å². The number of amides is 2. The molecule has 6 unspecified atom stereocenters. The predicted molar refractivity (Wildman–Crippen MR) is 239 cm³/mol. The Bertz CT molecular complexity index is 2830. The third kappa shape index (κ3) is 7.69. The number of aromatic nitrogens is 2. The second-order valence-corrected chi connectivity index (χ2v) is 16.1. The van der Waals surface area contributed by atoms with Gasteiger partial charge in [0.25, 0.3) is 0 Å². The van der Waals surface area contributed by atoms with Crippen LogP contribution in [0.2, 0.25) is 0 Å². The van der Waals surface area contributed by atoms with Gasteiger partial charge in [0, 0.05) is 17.7 Å². The molecule has 0 radical (unpaired) electrons. The molecule has 3 aliphatic heterocycles. The molecule has 4 heterocycles. The van der Waals surface area contributed by atoms with Gasteiger partial charge >= 0.3 is 17.9 Å². The molecule has 2 fully saturated rings. The van der Waals surface area contributed by atoms with Gasteiger partial charge in [-0.1, -0.05) is 96.8 Å². The van der Waals surface area contributed by atoms with Crippen LogP contribution >= 0.6 is 0 Å².